The Labute approximate surface area is 229 Å². The number of amides is 1. The molecule has 0 radical (unpaired) electrons. The third-order valence-corrected chi connectivity index (χ3v) is 6.52. The molecule has 2 aromatic heterocycles. The molecule has 0 unspecified atom stereocenters. The second kappa shape index (κ2) is 11.2. The number of aromatic amines is 1. The monoisotopic (exact) mass is 611 g/mol. The van der Waals surface area contributed by atoms with Gasteiger partial charge in [-0.25, -0.2) is 14.4 Å². The van der Waals surface area contributed by atoms with Gasteiger partial charge in [-0.2, -0.15) is 39.5 Å². The number of benzene rings is 1. The highest BCUT2D eigenvalue weighted by Gasteiger charge is 2.39. The van der Waals surface area contributed by atoms with Crippen LogP contribution in [0.4, 0.5) is 49.6 Å². The van der Waals surface area contributed by atoms with Gasteiger partial charge in [0, 0.05) is 37.2 Å². The molecule has 226 valence electrons. The summed E-state index contributed by atoms with van der Waals surface area (Å²) in [6.07, 6.45) is -13.5. The van der Waals surface area contributed by atoms with Gasteiger partial charge in [0.2, 0.25) is 5.91 Å². The van der Waals surface area contributed by atoms with Crippen molar-refractivity contribution in [2.75, 3.05) is 18.0 Å². The number of piperidine rings is 1. The van der Waals surface area contributed by atoms with E-state index in [0.29, 0.717) is 17.8 Å². The molecule has 1 aliphatic heterocycles. The van der Waals surface area contributed by atoms with Crippen molar-refractivity contribution in [2.45, 2.75) is 37.9 Å². The molecule has 4 rings (SSSR count). The van der Waals surface area contributed by atoms with Crippen molar-refractivity contribution in [3.8, 4) is 11.4 Å². The van der Waals surface area contributed by atoms with E-state index in [-0.39, 0.29) is 32.0 Å². The van der Waals surface area contributed by atoms with E-state index in [9.17, 15) is 49.1 Å². The Morgan fingerprint density at radius 2 is 1.57 bits per heavy atom. The predicted molar refractivity (Wildman–Crippen MR) is 126 cm³/mol. The van der Waals surface area contributed by atoms with Gasteiger partial charge in [-0.1, -0.05) is 6.07 Å². The third kappa shape index (κ3) is 6.82. The number of nitrogens with zero attached hydrogens (tertiary/aromatic N) is 3. The Balaban J connectivity index is 1.49. The van der Waals surface area contributed by atoms with Crippen LogP contribution in [0.1, 0.15) is 35.4 Å². The van der Waals surface area contributed by atoms with Gasteiger partial charge >= 0.3 is 18.5 Å². The number of rotatable bonds is 5. The minimum Gasteiger partial charge on any atom is -0.370 e. The SMILES string of the molecule is O=C(NCc1ccc(C(F)(F)F)c(-c2nc(C(F)(F)F)cc(=O)[nH]2)c1F)C1CCN(c2ccc(C(F)(F)F)nc2)CC1. The van der Waals surface area contributed by atoms with E-state index in [0.717, 1.165) is 12.3 Å². The molecule has 2 N–H and O–H groups in total. The van der Waals surface area contributed by atoms with Crippen LogP contribution in [0.5, 0.6) is 0 Å². The lowest BCUT2D eigenvalue weighted by molar-refractivity contribution is -0.142. The molecule has 7 nitrogen and oxygen atoms in total. The molecule has 1 aromatic carbocycles. The summed E-state index contributed by atoms with van der Waals surface area (Å²) in [5, 5.41) is 2.38. The molecular weight excluding hydrogens is 592 g/mol. The normalized spacial score (nSPS) is 15.1. The third-order valence-electron chi connectivity index (χ3n) is 6.52. The molecule has 42 heavy (non-hydrogen) atoms. The number of hydrogen-bond acceptors (Lipinski definition) is 5. The van der Waals surface area contributed by atoms with Gasteiger partial charge in [0.25, 0.3) is 5.56 Å². The van der Waals surface area contributed by atoms with E-state index in [1.165, 1.54) is 6.07 Å². The first kappa shape index (κ1) is 30.8. The number of nitrogens with one attached hydrogen (secondary N) is 2. The number of hydrogen-bond donors (Lipinski definition) is 2. The lowest BCUT2D eigenvalue weighted by Gasteiger charge is -2.32. The maximum Gasteiger partial charge on any atom is 0.433 e. The number of halogens is 10. The van der Waals surface area contributed by atoms with E-state index in [1.807, 2.05) is 0 Å². The van der Waals surface area contributed by atoms with Gasteiger partial charge in [-0.05, 0) is 31.0 Å². The molecule has 17 heteroatoms. The first-order valence-corrected chi connectivity index (χ1v) is 12.1. The molecule has 0 bridgehead atoms. The molecule has 0 atom stereocenters. The molecule has 1 aliphatic rings. The highest BCUT2D eigenvalue weighted by molar-refractivity contribution is 5.79. The zero-order valence-electron chi connectivity index (χ0n) is 21.0. The summed E-state index contributed by atoms with van der Waals surface area (Å²) in [7, 11) is 0. The maximum absolute atomic E-state index is 15.4. The van der Waals surface area contributed by atoms with Crippen LogP contribution in [-0.2, 0) is 29.9 Å². The van der Waals surface area contributed by atoms with Crippen LogP contribution < -0.4 is 15.8 Å². The van der Waals surface area contributed by atoms with Crippen LogP contribution in [0, 0.1) is 11.7 Å². The van der Waals surface area contributed by atoms with Gasteiger partial charge in [-0.15, -0.1) is 0 Å². The van der Waals surface area contributed by atoms with Crippen molar-refractivity contribution < 1.29 is 48.7 Å². The smallest absolute Gasteiger partial charge is 0.370 e. The number of carbonyl (C=O) groups is 1. The van der Waals surface area contributed by atoms with Gasteiger partial charge in [-0.3, -0.25) is 9.59 Å². The van der Waals surface area contributed by atoms with E-state index in [1.54, 1.807) is 9.88 Å². The largest absolute Gasteiger partial charge is 0.433 e. The second-order valence-corrected chi connectivity index (χ2v) is 9.31. The summed E-state index contributed by atoms with van der Waals surface area (Å²) in [5.74, 6) is -4.15. The fraction of sp³-hybridized carbons (Fsp3) is 0.360. The van der Waals surface area contributed by atoms with Crippen molar-refractivity contribution in [3.05, 3.63) is 75.2 Å². The predicted octanol–water partition coefficient (Wildman–Crippen LogP) is 5.56. The summed E-state index contributed by atoms with van der Waals surface area (Å²) in [5.41, 5.74) is -7.57. The summed E-state index contributed by atoms with van der Waals surface area (Å²) in [4.78, 5) is 34.2. The standard InChI is InChI=1S/C25H19F10N5O2/c26-20-13(1-3-15(23(27,28)29)19(20)21-38-17(25(33,34)35)9-18(41)39-21)10-37-22(42)12-5-7-40(8-6-12)14-2-4-16(36-11-14)24(30,31)32/h1-4,9,11-12H,5-8,10H2,(H,37,42)(H,38,39,41). The van der Waals surface area contributed by atoms with Gasteiger partial charge in [0.15, 0.2) is 5.69 Å². The molecule has 1 fully saturated rings. The van der Waals surface area contributed by atoms with Crippen LogP contribution in [-0.4, -0.2) is 33.9 Å². The molecular formula is C25H19F10N5O2. The van der Waals surface area contributed by atoms with E-state index >= 15 is 4.39 Å². The Morgan fingerprint density at radius 1 is 0.929 bits per heavy atom. The number of carbonyl (C=O) groups excluding carboxylic acids is 1. The van der Waals surface area contributed by atoms with Crippen molar-refractivity contribution >= 4 is 11.6 Å². The zero-order chi connectivity index (χ0) is 31.0. The Hall–Kier alpha value is -4.18. The lowest BCUT2D eigenvalue weighted by Crippen LogP contribution is -2.40. The molecule has 1 saturated heterocycles. The van der Waals surface area contributed by atoms with Crippen LogP contribution in [0.2, 0.25) is 0 Å². The van der Waals surface area contributed by atoms with Crippen molar-refractivity contribution in [3.63, 3.8) is 0 Å². The summed E-state index contributed by atoms with van der Waals surface area (Å²) < 4.78 is 134. The molecule has 0 aliphatic carbocycles. The van der Waals surface area contributed by atoms with E-state index < -0.39 is 82.2 Å². The van der Waals surface area contributed by atoms with Crippen molar-refractivity contribution in [1.29, 1.82) is 0 Å². The van der Waals surface area contributed by atoms with Crippen LogP contribution >= 0.6 is 0 Å². The number of H-pyrrole nitrogens is 1. The number of aromatic nitrogens is 3. The average molecular weight is 611 g/mol. The molecule has 0 saturated carbocycles. The van der Waals surface area contributed by atoms with Crippen LogP contribution in [0.15, 0.2) is 41.3 Å². The Morgan fingerprint density at radius 3 is 2.12 bits per heavy atom. The van der Waals surface area contributed by atoms with E-state index in [4.69, 9.17) is 0 Å². The van der Waals surface area contributed by atoms with Crippen molar-refractivity contribution in [1.82, 2.24) is 20.3 Å². The fourth-order valence-electron chi connectivity index (χ4n) is 4.41. The highest BCUT2D eigenvalue weighted by Crippen LogP contribution is 2.39. The number of anilines is 1. The van der Waals surface area contributed by atoms with Crippen LogP contribution in [0.25, 0.3) is 11.4 Å². The lowest BCUT2D eigenvalue weighted by atomic mass is 9.95. The first-order chi connectivity index (χ1) is 19.4. The minimum atomic E-state index is -5.23. The number of alkyl halides is 9. The number of pyridine rings is 1. The Kier molecular flexibility index (Phi) is 8.24. The summed E-state index contributed by atoms with van der Waals surface area (Å²) >= 11 is 0. The molecule has 3 aromatic rings. The van der Waals surface area contributed by atoms with Crippen LogP contribution in [0.3, 0.4) is 0 Å². The van der Waals surface area contributed by atoms with Crippen molar-refractivity contribution in [2.24, 2.45) is 5.92 Å². The molecule has 0 spiro atoms. The molecule has 1 amide bonds. The van der Waals surface area contributed by atoms with E-state index in [2.05, 4.69) is 15.3 Å². The summed E-state index contributed by atoms with van der Waals surface area (Å²) in [6.45, 7) is -0.112. The first-order valence-electron chi connectivity index (χ1n) is 12.1. The highest BCUT2D eigenvalue weighted by atomic mass is 19.4. The average Bonchev–Trinajstić information content (AvgIpc) is 2.90. The fourth-order valence-corrected chi connectivity index (χ4v) is 4.41. The Bertz CT molecular complexity index is 1510. The topological polar surface area (TPSA) is 91.0 Å². The molecule has 3 heterocycles. The zero-order valence-corrected chi connectivity index (χ0v) is 21.0. The second-order valence-electron chi connectivity index (χ2n) is 9.31. The minimum absolute atomic E-state index is 0.0120. The summed E-state index contributed by atoms with van der Waals surface area (Å²) in [6, 6.07) is 3.18. The van der Waals surface area contributed by atoms with Gasteiger partial charge in [0.05, 0.1) is 23.0 Å². The maximum atomic E-state index is 15.4. The van der Waals surface area contributed by atoms with Gasteiger partial charge < -0.3 is 15.2 Å². The van der Waals surface area contributed by atoms with Gasteiger partial charge in [0.1, 0.15) is 17.3 Å². The quantitative estimate of drug-likeness (QED) is 0.369.